The van der Waals surface area contributed by atoms with Crippen molar-refractivity contribution in [1.29, 1.82) is 0 Å². The number of phenolic OH excluding ortho intramolecular Hbond substituents is 1. The van der Waals surface area contributed by atoms with Crippen molar-refractivity contribution in [3.8, 4) is 5.75 Å². The molecule has 1 aromatic carbocycles. The number of hydrogen-bond donors (Lipinski definition) is 3. The molecular weight excluding hydrogens is 232 g/mol. The van der Waals surface area contributed by atoms with Gasteiger partial charge in [-0.1, -0.05) is 0 Å². The molecule has 4 N–H and O–H groups in total. The first-order valence-corrected chi connectivity index (χ1v) is 6.07. The third-order valence-corrected chi connectivity index (χ3v) is 3.11. The van der Waals surface area contributed by atoms with Crippen LogP contribution < -0.4 is 11.1 Å². The molecule has 5 heteroatoms. The summed E-state index contributed by atoms with van der Waals surface area (Å²) in [4.78, 5) is 12.0. The minimum atomic E-state index is -0.190. The van der Waals surface area contributed by atoms with Crippen molar-refractivity contribution in [1.82, 2.24) is 5.32 Å². The topological polar surface area (TPSA) is 84.6 Å². The Hall–Kier alpha value is -1.75. The number of nitrogens with one attached hydrogen (secondary N) is 1. The highest BCUT2D eigenvalue weighted by molar-refractivity contribution is 5.95. The van der Waals surface area contributed by atoms with Gasteiger partial charge in [-0.25, -0.2) is 0 Å². The first-order chi connectivity index (χ1) is 8.56. The monoisotopic (exact) mass is 250 g/mol. The van der Waals surface area contributed by atoms with E-state index in [1.165, 1.54) is 12.1 Å². The van der Waals surface area contributed by atoms with Gasteiger partial charge in [-0.15, -0.1) is 0 Å². The van der Waals surface area contributed by atoms with Crippen LogP contribution in [-0.2, 0) is 4.74 Å². The highest BCUT2D eigenvalue weighted by Crippen LogP contribution is 2.21. The number of rotatable bonds is 2. The number of carbonyl (C=O) groups is 1. The van der Waals surface area contributed by atoms with Crippen LogP contribution in [0.15, 0.2) is 18.2 Å². The van der Waals surface area contributed by atoms with E-state index >= 15 is 0 Å². The molecule has 0 spiro atoms. The molecule has 0 saturated carbocycles. The SMILES string of the molecule is CC1CC(NC(=O)c2ccc(N)c(O)c2)CCO1. The number of hydrogen-bond acceptors (Lipinski definition) is 4. The van der Waals surface area contributed by atoms with Crippen LogP contribution in [0.2, 0.25) is 0 Å². The molecule has 0 bridgehead atoms. The lowest BCUT2D eigenvalue weighted by Crippen LogP contribution is -2.41. The average molecular weight is 250 g/mol. The predicted octanol–water partition coefficient (Wildman–Crippen LogP) is 1.27. The van der Waals surface area contributed by atoms with Crippen LogP contribution in [0.25, 0.3) is 0 Å². The highest BCUT2D eigenvalue weighted by Gasteiger charge is 2.21. The lowest BCUT2D eigenvalue weighted by Gasteiger charge is -2.27. The Morgan fingerprint density at radius 2 is 2.33 bits per heavy atom. The Balaban J connectivity index is 2.00. The van der Waals surface area contributed by atoms with Gasteiger partial charge in [0, 0.05) is 18.2 Å². The molecule has 98 valence electrons. The fourth-order valence-electron chi connectivity index (χ4n) is 2.08. The van der Waals surface area contributed by atoms with Crippen LogP contribution in [0, 0.1) is 0 Å². The fraction of sp³-hybridized carbons (Fsp3) is 0.462. The van der Waals surface area contributed by atoms with Gasteiger partial charge in [-0.3, -0.25) is 4.79 Å². The number of ether oxygens (including phenoxy) is 1. The molecule has 1 aliphatic heterocycles. The number of benzene rings is 1. The third-order valence-electron chi connectivity index (χ3n) is 3.11. The minimum absolute atomic E-state index is 0.0667. The maximum atomic E-state index is 12.0. The van der Waals surface area contributed by atoms with Crippen molar-refractivity contribution in [3.05, 3.63) is 23.8 Å². The third kappa shape index (κ3) is 2.92. The van der Waals surface area contributed by atoms with Crippen LogP contribution >= 0.6 is 0 Å². The van der Waals surface area contributed by atoms with Gasteiger partial charge in [0.05, 0.1) is 11.8 Å². The van der Waals surface area contributed by atoms with Crippen molar-refractivity contribution >= 4 is 11.6 Å². The quantitative estimate of drug-likeness (QED) is 0.545. The first-order valence-electron chi connectivity index (χ1n) is 6.07. The van der Waals surface area contributed by atoms with Gasteiger partial charge in [0.15, 0.2) is 0 Å². The highest BCUT2D eigenvalue weighted by atomic mass is 16.5. The van der Waals surface area contributed by atoms with Crippen LogP contribution in [-0.4, -0.2) is 29.8 Å². The summed E-state index contributed by atoms with van der Waals surface area (Å²) >= 11 is 0. The van der Waals surface area contributed by atoms with Gasteiger partial charge in [0.1, 0.15) is 5.75 Å². The standard InChI is InChI=1S/C13H18N2O3/c1-8-6-10(4-5-18-8)15-13(17)9-2-3-11(14)12(16)7-9/h2-3,7-8,10,16H,4-6,14H2,1H3,(H,15,17). The van der Waals surface area contributed by atoms with Crippen LogP contribution in [0.1, 0.15) is 30.1 Å². The Morgan fingerprint density at radius 1 is 1.56 bits per heavy atom. The molecule has 1 aromatic rings. The summed E-state index contributed by atoms with van der Waals surface area (Å²) in [5.74, 6) is -0.257. The van der Waals surface area contributed by atoms with Gasteiger partial charge in [0.2, 0.25) is 0 Å². The zero-order chi connectivity index (χ0) is 13.1. The molecule has 1 amide bonds. The number of nitrogens with two attached hydrogens (primary N) is 1. The van der Waals surface area contributed by atoms with Crippen molar-refractivity contribution < 1.29 is 14.6 Å². The molecule has 0 radical (unpaired) electrons. The van der Waals surface area contributed by atoms with E-state index in [1.54, 1.807) is 6.07 Å². The van der Waals surface area contributed by atoms with Crippen molar-refractivity contribution in [2.45, 2.75) is 31.9 Å². The Morgan fingerprint density at radius 3 is 3.00 bits per heavy atom. The molecule has 18 heavy (non-hydrogen) atoms. The maximum absolute atomic E-state index is 12.0. The van der Waals surface area contributed by atoms with Crippen molar-refractivity contribution in [2.75, 3.05) is 12.3 Å². The zero-order valence-corrected chi connectivity index (χ0v) is 10.3. The first kappa shape index (κ1) is 12.7. The summed E-state index contributed by atoms with van der Waals surface area (Å²) in [6.45, 7) is 2.66. The average Bonchev–Trinajstić information content (AvgIpc) is 2.32. The summed E-state index contributed by atoms with van der Waals surface area (Å²) in [5, 5.41) is 12.4. The van der Waals surface area contributed by atoms with Crippen LogP contribution in [0.5, 0.6) is 5.75 Å². The zero-order valence-electron chi connectivity index (χ0n) is 10.3. The van der Waals surface area contributed by atoms with E-state index in [2.05, 4.69) is 5.32 Å². The Bertz CT molecular complexity index is 448. The molecule has 1 aliphatic rings. The number of nitrogen functional groups attached to an aromatic ring is 1. The lowest BCUT2D eigenvalue weighted by molar-refractivity contribution is 0.0136. The maximum Gasteiger partial charge on any atom is 0.251 e. The van der Waals surface area contributed by atoms with Gasteiger partial charge < -0.3 is 20.9 Å². The molecule has 2 atom stereocenters. The van der Waals surface area contributed by atoms with E-state index in [0.717, 1.165) is 12.8 Å². The number of aromatic hydroxyl groups is 1. The largest absolute Gasteiger partial charge is 0.506 e. The molecular formula is C13H18N2O3. The van der Waals surface area contributed by atoms with Crippen LogP contribution in [0.4, 0.5) is 5.69 Å². The summed E-state index contributed by atoms with van der Waals surface area (Å²) in [5.41, 5.74) is 6.18. The molecule has 0 aliphatic carbocycles. The minimum Gasteiger partial charge on any atom is -0.506 e. The van der Waals surface area contributed by atoms with E-state index in [-0.39, 0.29) is 29.5 Å². The summed E-state index contributed by atoms with van der Waals surface area (Å²) < 4.78 is 5.42. The second-order valence-corrected chi connectivity index (χ2v) is 4.65. The summed E-state index contributed by atoms with van der Waals surface area (Å²) in [7, 11) is 0. The molecule has 0 aromatic heterocycles. The van der Waals surface area contributed by atoms with Gasteiger partial charge in [-0.05, 0) is 38.0 Å². The molecule has 1 heterocycles. The van der Waals surface area contributed by atoms with E-state index in [0.29, 0.717) is 12.2 Å². The van der Waals surface area contributed by atoms with Crippen molar-refractivity contribution in [3.63, 3.8) is 0 Å². The molecule has 2 unspecified atom stereocenters. The molecule has 2 rings (SSSR count). The lowest BCUT2D eigenvalue weighted by atomic mass is 10.0. The molecule has 1 saturated heterocycles. The van der Waals surface area contributed by atoms with Gasteiger partial charge >= 0.3 is 0 Å². The Kier molecular flexibility index (Phi) is 3.72. The molecule has 5 nitrogen and oxygen atoms in total. The van der Waals surface area contributed by atoms with Crippen LogP contribution in [0.3, 0.4) is 0 Å². The Labute approximate surface area is 106 Å². The summed E-state index contributed by atoms with van der Waals surface area (Å²) in [6, 6.07) is 4.64. The number of carbonyl (C=O) groups excluding carboxylic acids is 1. The van der Waals surface area contributed by atoms with Gasteiger partial charge in [-0.2, -0.15) is 0 Å². The smallest absolute Gasteiger partial charge is 0.251 e. The number of anilines is 1. The fourth-order valence-corrected chi connectivity index (χ4v) is 2.08. The van der Waals surface area contributed by atoms with E-state index in [9.17, 15) is 9.90 Å². The number of phenols is 1. The van der Waals surface area contributed by atoms with Crippen molar-refractivity contribution in [2.24, 2.45) is 0 Å². The summed E-state index contributed by atoms with van der Waals surface area (Å²) in [6.07, 6.45) is 1.80. The van der Waals surface area contributed by atoms with E-state index in [4.69, 9.17) is 10.5 Å². The van der Waals surface area contributed by atoms with Gasteiger partial charge in [0.25, 0.3) is 5.91 Å². The number of amides is 1. The predicted molar refractivity (Wildman–Crippen MR) is 68.4 cm³/mol. The second kappa shape index (κ2) is 5.27. The van der Waals surface area contributed by atoms with E-state index < -0.39 is 0 Å². The normalized spacial score (nSPS) is 23.6. The molecule has 1 fully saturated rings. The second-order valence-electron chi connectivity index (χ2n) is 4.65. The van der Waals surface area contributed by atoms with E-state index in [1.807, 2.05) is 6.92 Å².